The number of esters is 1. The molecule has 0 spiro atoms. The summed E-state index contributed by atoms with van der Waals surface area (Å²) in [7, 11) is 0. The van der Waals surface area contributed by atoms with Gasteiger partial charge in [0, 0.05) is 17.0 Å². The van der Waals surface area contributed by atoms with E-state index >= 15 is 0 Å². The van der Waals surface area contributed by atoms with Crippen molar-refractivity contribution in [3.05, 3.63) is 51.9 Å². The maximum atomic E-state index is 12.4. The van der Waals surface area contributed by atoms with E-state index in [9.17, 15) is 24.3 Å². The second kappa shape index (κ2) is 9.49. The van der Waals surface area contributed by atoms with Gasteiger partial charge in [0.05, 0.1) is 11.6 Å². The molecule has 2 amide bonds. The van der Waals surface area contributed by atoms with Crippen LogP contribution in [-0.2, 0) is 20.7 Å². The maximum absolute atomic E-state index is 12.4. The van der Waals surface area contributed by atoms with E-state index in [4.69, 9.17) is 4.74 Å². The normalized spacial score (nSPS) is 15.4. The van der Waals surface area contributed by atoms with Gasteiger partial charge in [0.25, 0.3) is 5.91 Å². The van der Waals surface area contributed by atoms with E-state index in [1.807, 2.05) is 6.07 Å². The van der Waals surface area contributed by atoms with Gasteiger partial charge in [-0.15, -0.1) is 11.3 Å². The number of anilines is 1. The van der Waals surface area contributed by atoms with Crippen molar-refractivity contribution < 1.29 is 29.0 Å². The summed E-state index contributed by atoms with van der Waals surface area (Å²) in [4.78, 5) is 49.3. The molecule has 3 rings (SSSR count). The first-order valence-electron chi connectivity index (χ1n) is 10.1. The van der Waals surface area contributed by atoms with E-state index in [-0.39, 0.29) is 29.1 Å². The van der Waals surface area contributed by atoms with Gasteiger partial charge in [0.15, 0.2) is 0 Å². The summed E-state index contributed by atoms with van der Waals surface area (Å²) in [6, 6.07) is 8.42. The van der Waals surface area contributed by atoms with Crippen LogP contribution in [0, 0.1) is 0 Å². The Labute approximate surface area is 189 Å². The quantitative estimate of drug-likeness (QED) is 0.398. The fourth-order valence-electron chi connectivity index (χ4n) is 3.32. The third-order valence-corrected chi connectivity index (χ3v) is 5.91. The lowest BCUT2D eigenvalue weighted by atomic mass is 9.99. The van der Waals surface area contributed by atoms with Gasteiger partial charge in [-0.25, -0.2) is 9.59 Å². The summed E-state index contributed by atoms with van der Waals surface area (Å²) in [6.07, 6.45) is 0.443. The molecule has 2 heterocycles. The van der Waals surface area contributed by atoms with Crippen molar-refractivity contribution in [2.24, 2.45) is 0 Å². The SMILES string of the molecule is CC(C)(C)OC(=O)C(=O)Nc1sc2c(c1C(=O)O)CCNC2CNC(=O)c1ccccc1. The molecule has 1 aromatic carbocycles. The number of thiophene rings is 1. The monoisotopic (exact) mass is 459 g/mol. The highest BCUT2D eigenvalue weighted by Gasteiger charge is 2.32. The average molecular weight is 460 g/mol. The zero-order valence-corrected chi connectivity index (χ0v) is 18.8. The standard InChI is InChI=1S/C22H25N3O6S/c1-22(2,3)31-21(30)18(27)25-19-15(20(28)29)13-9-10-23-14(16(13)32-19)11-24-17(26)12-7-5-4-6-8-12/h4-8,14,23H,9-11H2,1-3H3,(H,24,26)(H,25,27)(H,28,29). The van der Waals surface area contributed by atoms with Gasteiger partial charge >= 0.3 is 17.8 Å². The highest BCUT2D eigenvalue weighted by Crippen LogP contribution is 2.39. The van der Waals surface area contributed by atoms with E-state index in [0.717, 1.165) is 11.3 Å². The second-order valence-corrected chi connectivity index (χ2v) is 9.30. The zero-order chi connectivity index (χ0) is 23.5. The number of rotatable bonds is 5. The van der Waals surface area contributed by atoms with E-state index in [0.29, 0.717) is 29.0 Å². The first-order valence-corrected chi connectivity index (χ1v) is 10.9. The van der Waals surface area contributed by atoms with Crippen LogP contribution in [0.5, 0.6) is 0 Å². The number of benzene rings is 1. The third-order valence-electron chi connectivity index (χ3n) is 4.65. The van der Waals surface area contributed by atoms with Gasteiger partial charge in [-0.3, -0.25) is 9.59 Å². The largest absolute Gasteiger partial charge is 0.478 e. The van der Waals surface area contributed by atoms with Crippen LogP contribution in [0.1, 0.15) is 58.0 Å². The van der Waals surface area contributed by atoms with Gasteiger partial charge in [-0.2, -0.15) is 0 Å². The number of carbonyl (C=O) groups excluding carboxylic acids is 3. The fourth-order valence-corrected chi connectivity index (χ4v) is 4.63. The zero-order valence-electron chi connectivity index (χ0n) is 18.0. The Kier molecular flexibility index (Phi) is 6.95. The van der Waals surface area contributed by atoms with Crippen molar-refractivity contribution >= 4 is 40.1 Å². The minimum absolute atomic E-state index is 0.0391. The molecule has 0 saturated heterocycles. The first-order chi connectivity index (χ1) is 15.1. The Bertz CT molecular complexity index is 1040. The summed E-state index contributed by atoms with van der Waals surface area (Å²) >= 11 is 1.08. The van der Waals surface area contributed by atoms with Crippen molar-refractivity contribution in [2.45, 2.75) is 38.8 Å². The van der Waals surface area contributed by atoms with Crippen LogP contribution in [-0.4, -0.2) is 47.6 Å². The number of hydrogen-bond donors (Lipinski definition) is 4. The summed E-state index contributed by atoms with van der Waals surface area (Å²) in [5, 5.41) is 18.3. The molecule has 1 atom stereocenters. The molecule has 0 fully saturated rings. The molecular weight excluding hydrogens is 434 g/mol. The average Bonchev–Trinajstić information content (AvgIpc) is 3.10. The molecule has 4 N–H and O–H groups in total. The molecule has 32 heavy (non-hydrogen) atoms. The van der Waals surface area contributed by atoms with Crippen LogP contribution in [0.25, 0.3) is 0 Å². The molecule has 1 unspecified atom stereocenters. The van der Waals surface area contributed by atoms with Crippen LogP contribution >= 0.6 is 11.3 Å². The number of fused-ring (bicyclic) bond motifs is 1. The molecule has 0 radical (unpaired) electrons. The van der Waals surface area contributed by atoms with Crippen LogP contribution in [0.3, 0.4) is 0 Å². The van der Waals surface area contributed by atoms with E-state index in [1.165, 1.54) is 0 Å². The summed E-state index contributed by atoms with van der Waals surface area (Å²) in [5.41, 5.74) is 0.207. The molecule has 2 aromatic rings. The van der Waals surface area contributed by atoms with Crippen LogP contribution in [0.15, 0.2) is 30.3 Å². The lowest BCUT2D eigenvalue weighted by Crippen LogP contribution is -2.38. The molecule has 0 aliphatic carbocycles. The molecule has 170 valence electrons. The summed E-state index contributed by atoms with van der Waals surface area (Å²) in [6.45, 7) is 5.63. The van der Waals surface area contributed by atoms with Crippen molar-refractivity contribution in [1.29, 1.82) is 0 Å². The number of amides is 2. The van der Waals surface area contributed by atoms with Crippen molar-refractivity contribution in [1.82, 2.24) is 10.6 Å². The fraction of sp³-hybridized carbons (Fsp3) is 0.364. The summed E-state index contributed by atoms with van der Waals surface area (Å²) in [5.74, 6) is -3.57. The topological polar surface area (TPSA) is 134 Å². The van der Waals surface area contributed by atoms with Crippen molar-refractivity contribution in [2.75, 3.05) is 18.4 Å². The Morgan fingerprint density at radius 2 is 1.88 bits per heavy atom. The minimum Gasteiger partial charge on any atom is -0.478 e. The maximum Gasteiger partial charge on any atom is 0.397 e. The first kappa shape index (κ1) is 23.4. The van der Waals surface area contributed by atoms with Crippen molar-refractivity contribution in [3.63, 3.8) is 0 Å². The predicted molar refractivity (Wildman–Crippen MR) is 119 cm³/mol. The number of carboxylic acids is 1. The molecular formula is C22H25N3O6S. The number of carbonyl (C=O) groups is 4. The lowest BCUT2D eigenvalue weighted by molar-refractivity contribution is -0.161. The molecule has 1 aromatic heterocycles. The van der Waals surface area contributed by atoms with Crippen LogP contribution in [0.4, 0.5) is 5.00 Å². The Balaban J connectivity index is 1.79. The Morgan fingerprint density at radius 3 is 2.50 bits per heavy atom. The van der Waals surface area contributed by atoms with Gasteiger partial charge in [-0.05, 0) is 51.4 Å². The minimum atomic E-state index is -1.20. The van der Waals surface area contributed by atoms with Gasteiger partial charge in [-0.1, -0.05) is 18.2 Å². The molecule has 9 nitrogen and oxygen atoms in total. The molecule has 0 saturated carbocycles. The third kappa shape index (κ3) is 5.51. The Hall–Kier alpha value is -3.24. The number of ether oxygens (including phenoxy) is 1. The molecule has 10 heteroatoms. The van der Waals surface area contributed by atoms with E-state index < -0.39 is 23.4 Å². The van der Waals surface area contributed by atoms with Crippen molar-refractivity contribution in [3.8, 4) is 0 Å². The highest BCUT2D eigenvalue weighted by molar-refractivity contribution is 7.17. The Morgan fingerprint density at radius 1 is 1.19 bits per heavy atom. The number of nitrogens with one attached hydrogen (secondary N) is 3. The predicted octanol–water partition coefficient (Wildman–Crippen LogP) is 2.34. The number of aromatic carboxylic acids is 1. The molecule has 1 aliphatic rings. The van der Waals surface area contributed by atoms with Crippen LogP contribution < -0.4 is 16.0 Å². The number of carboxylic acid groups (broad SMARTS) is 1. The highest BCUT2D eigenvalue weighted by atomic mass is 32.1. The van der Waals surface area contributed by atoms with Gasteiger partial charge in [0.2, 0.25) is 0 Å². The summed E-state index contributed by atoms with van der Waals surface area (Å²) < 4.78 is 5.05. The molecule has 0 bridgehead atoms. The second-order valence-electron chi connectivity index (χ2n) is 8.24. The van der Waals surface area contributed by atoms with E-state index in [2.05, 4.69) is 16.0 Å². The van der Waals surface area contributed by atoms with Gasteiger partial charge in [0.1, 0.15) is 10.6 Å². The molecule has 1 aliphatic heterocycles. The smallest absolute Gasteiger partial charge is 0.397 e. The van der Waals surface area contributed by atoms with Crippen LogP contribution in [0.2, 0.25) is 0 Å². The van der Waals surface area contributed by atoms with E-state index in [1.54, 1.807) is 45.0 Å². The lowest BCUT2D eigenvalue weighted by Gasteiger charge is -2.24. The van der Waals surface area contributed by atoms with Gasteiger partial charge < -0.3 is 25.8 Å². The number of hydrogen-bond acceptors (Lipinski definition) is 7.